The average molecular weight is 222 g/mol. The number of anilines is 1. The van der Waals surface area contributed by atoms with Crippen molar-refractivity contribution in [2.24, 2.45) is 0 Å². The predicted octanol–water partition coefficient (Wildman–Crippen LogP) is 0.933. The summed E-state index contributed by atoms with van der Waals surface area (Å²) >= 11 is 0. The van der Waals surface area contributed by atoms with Gasteiger partial charge in [-0.25, -0.2) is 0 Å². The van der Waals surface area contributed by atoms with Gasteiger partial charge in [0.25, 0.3) is 5.91 Å². The number of nitrogens with one attached hydrogen (secondary N) is 2. The van der Waals surface area contributed by atoms with Crippen LogP contribution in [0.25, 0.3) is 0 Å². The fraction of sp³-hybridized carbons (Fsp3) is 0.273. The summed E-state index contributed by atoms with van der Waals surface area (Å²) in [6, 6.07) is 6.93. The molecule has 0 aromatic heterocycles. The third-order valence-electron chi connectivity index (χ3n) is 2.06. The van der Waals surface area contributed by atoms with Gasteiger partial charge in [-0.2, -0.15) is 0 Å². The summed E-state index contributed by atoms with van der Waals surface area (Å²) in [5, 5.41) is 13.9. The molecular weight excluding hydrogens is 208 g/mol. The number of carboxylic acids is 1. The molecule has 1 aromatic rings. The zero-order valence-corrected chi connectivity index (χ0v) is 8.99. The van der Waals surface area contributed by atoms with Crippen LogP contribution in [-0.4, -0.2) is 30.6 Å². The number of rotatable bonds is 5. The number of hydrogen-bond donors (Lipinski definition) is 3. The maximum absolute atomic E-state index is 11.5. The molecular formula is C11H14N2O3. The van der Waals surface area contributed by atoms with Crippen LogP contribution in [0.2, 0.25) is 0 Å². The number of aliphatic carboxylic acids is 1. The van der Waals surface area contributed by atoms with Gasteiger partial charge in [0.1, 0.15) is 0 Å². The summed E-state index contributed by atoms with van der Waals surface area (Å²) in [7, 11) is 1.79. The highest BCUT2D eigenvalue weighted by atomic mass is 16.4. The Morgan fingerprint density at radius 2 is 1.88 bits per heavy atom. The zero-order valence-electron chi connectivity index (χ0n) is 8.99. The van der Waals surface area contributed by atoms with Gasteiger partial charge in [-0.1, -0.05) is 0 Å². The summed E-state index contributed by atoms with van der Waals surface area (Å²) in [5.41, 5.74) is 1.44. The van der Waals surface area contributed by atoms with E-state index in [-0.39, 0.29) is 18.9 Å². The monoisotopic (exact) mass is 222 g/mol. The second-order valence-electron chi connectivity index (χ2n) is 3.23. The Morgan fingerprint density at radius 1 is 1.25 bits per heavy atom. The number of hydrogen-bond acceptors (Lipinski definition) is 3. The van der Waals surface area contributed by atoms with Gasteiger partial charge < -0.3 is 15.7 Å². The number of carbonyl (C=O) groups is 2. The van der Waals surface area contributed by atoms with E-state index >= 15 is 0 Å². The summed E-state index contributed by atoms with van der Waals surface area (Å²) in [5.74, 6) is -1.19. The van der Waals surface area contributed by atoms with Gasteiger partial charge >= 0.3 is 5.97 Å². The molecule has 1 aromatic carbocycles. The predicted molar refractivity (Wildman–Crippen MR) is 60.6 cm³/mol. The van der Waals surface area contributed by atoms with E-state index in [0.29, 0.717) is 5.56 Å². The molecule has 0 saturated heterocycles. The Labute approximate surface area is 93.5 Å². The SMILES string of the molecule is CNc1ccc(C(=O)NCCC(=O)O)cc1. The summed E-state index contributed by atoms with van der Waals surface area (Å²) in [6.07, 6.45) is -0.0691. The molecule has 3 N–H and O–H groups in total. The Balaban J connectivity index is 2.49. The van der Waals surface area contributed by atoms with Crippen LogP contribution in [-0.2, 0) is 4.79 Å². The largest absolute Gasteiger partial charge is 0.481 e. The maximum atomic E-state index is 11.5. The van der Waals surface area contributed by atoms with E-state index in [2.05, 4.69) is 10.6 Å². The molecule has 86 valence electrons. The molecule has 0 radical (unpaired) electrons. The van der Waals surface area contributed by atoms with Gasteiger partial charge in [-0.05, 0) is 24.3 Å². The van der Waals surface area contributed by atoms with E-state index in [1.165, 1.54) is 0 Å². The molecule has 0 aliphatic carbocycles. The minimum absolute atomic E-state index is 0.0691. The average Bonchev–Trinajstić information content (AvgIpc) is 2.28. The van der Waals surface area contributed by atoms with Crippen LogP contribution in [0.1, 0.15) is 16.8 Å². The summed E-state index contributed by atoms with van der Waals surface area (Å²) < 4.78 is 0. The van der Waals surface area contributed by atoms with Gasteiger partial charge in [0, 0.05) is 24.8 Å². The van der Waals surface area contributed by atoms with E-state index in [1.807, 2.05) is 0 Å². The van der Waals surface area contributed by atoms with Crippen LogP contribution < -0.4 is 10.6 Å². The van der Waals surface area contributed by atoms with Gasteiger partial charge in [0.15, 0.2) is 0 Å². The quantitative estimate of drug-likeness (QED) is 0.692. The van der Waals surface area contributed by atoms with E-state index in [1.54, 1.807) is 31.3 Å². The highest BCUT2D eigenvalue weighted by Crippen LogP contribution is 2.08. The van der Waals surface area contributed by atoms with Crippen LogP contribution in [0.15, 0.2) is 24.3 Å². The summed E-state index contributed by atoms with van der Waals surface area (Å²) in [4.78, 5) is 21.7. The standard InChI is InChI=1S/C11H14N2O3/c1-12-9-4-2-8(3-5-9)11(16)13-7-6-10(14)15/h2-5,12H,6-7H2,1H3,(H,13,16)(H,14,15). The van der Waals surface area contributed by atoms with E-state index in [4.69, 9.17) is 5.11 Å². The smallest absolute Gasteiger partial charge is 0.305 e. The molecule has 0 fully saturated rings. The zero-order chi connectivity index (χ0) is 12.0. The van der Waals surface area contributed by atoms with Crippen LogP contribution >= 0.6 is 0 Å². The maximum Gasteiger partial charge on any atom is 0.305 e. The lowest BCUT2D eigenvalue weighted by molar-refractivity contribution is -0.136. The second-order valence-corrected chi connectivity index (χ2v) is 3.23. The fourth-order valence-corrected chi connectivity index (χ4v) is 1.17. The van der Waals surface area contributed by atoms with Crippen molar-refractivity contribution in [2.45, 2.75) is 6.42 Å². The van der Waals surface area contributed by atoms with Crippen molar-refractivity contribution in [2.75, 3.05) is 18.9 Å². The van der Waals surface area contributed by atoms with Crippen molar-refractivity contribution in [3.05, 3.63) is 29.8 Å². The van der Waals surface area contributed by atoms with Crippen LogP contribution in [0.3, 0.4) is 0 Å². The lowest BCUT2D eigenvalue weighted by Gasteiger charge is -2.04. The molecule has 0 bridgehead atoms. The lowest BCUT2D eigenvalue weighted by atomic mass is 10.2. The first-order valence-electron chi connectivity index (χ1n) is 4.91. The van der Waals surface area contributed by atoms with E-state index in [9.17, 15) is 9.59 Å². The van der Waals surface area contributed by atoms with Crippen molar-refractivity contribution in [1.29, 1.82) is 0 Å². The summed E-state index contributed by atoms with van der Waals surface area (Å²) in [6.45, 7) is 0.141. The third-order valence-corrected chi connectivity index (χ3v) is 2.06. The number of benzene rings is 1. The minimum atomic E-state index is -0.925. The van der Waals surface area contributed by atoms with Crippen LogP contribution in [0, 0.1) is 0 Å². The Hall–Kier alpha value is -2.04. The molecule has 1 amide bonds. The van der Waals surface area contributed by atoms with Gasteiger partial charge in [-0.3, -0.25) is 9.59 Å². The van der Waals surface area contributed by atoms with Crippen molar-refractivity contribution >= 4 is 17.6 Å². The minimum Gasteiger partial charge on any atom is -0.481 e. The Morgan fingerprint density at radius 3 is 2.38 bits per heavy atom. The number of carbonyl (C=O) groups excluding carboxylic acids is 1. The molecule has 0 aliphatic rings. The topological polar surface area (TPSA) is 78.4 Å². The molecule has 1 rings (SSSR count). The van der Waals surface area contributed by atoms with Gasteiger partial charge in [-0.15, -0.1) is 0 Å². The Bertz CT molecular complexity index is 373. The van der Waals surface area contributed by atoms with E-state index in [0.717, 1.165) is 5.69 Å². The first-order chi connectivity index (χ1) is 7.63. The molecule has 16 heavy (non-hydrogen) atoms. The highest BCUT2D eigenvalue weighted by Gasteiger charge is 2.05. The molecule has 0 unspecified atom stereocenters. The normalized spacial score (nSPS) is 9.56. The van der Waals surface area contributed by atoms with Crippen molar-refractivity contribution < 1.29 is 14.7 Å². The number of amides is 1. The first-order valence-corrected chi connectivity index (χ1v) is 4.91. The molecule has 0 saturated carbocycles. The number of carboxylic acid groups (broad SMARTS) is 1. The van der Waals surface area contributed by atoms with Crippen LogP contribution in [0.5, 0.6) is 0 Å². The Kier molecular flexibility index (Phi) is 4.32. The molecule has 0 atom stereocenters. The van der Waals surface area contributed by atoms with Crippen molar-refractivity contribution in [3.8, 4) is 0 Å². The van der Waals surface area contributed by atoms with Gasteiger partial charge in [0.2, 0.25) is 0 Å². The molecule has 0 aliphatic heterocycles. The van der Waals surface area contributed by atoms with E-state index < -0.39 is 5.97 Å². The fourth-order valence-electron chi connectivity index (χ4n) is 1.17. The van der Waals surface area contributed by atoms with Gasteiger partial charge in [0.05, 0.1) is 6.42 Å². The highest BCUT2D eigenvalue weighted by molar-refractivity contribution is 5.94. The molecule has 0 heterocycles. The molecule has 0 spiro atoms. The van der Waals surface area contributed by atoms with Crippen LogP contribution in [0.4, 0.5) is 5.69 Å². The second kappa shape index (κ2) is 5.75. The third kappa shape index (κ3) is 3.61. The lowest BCUT2D eigenvalue weighted by Crippen LogP contribution is -2.25. The molecule has 5 nitrogen and oxygen atoms in total. The van der Waals surface area contributed by atoms with Crippen molar-refractivity contribution in [1.82, 2.24) is 5.32 Å². The first kappa shape index (κ1) is 12.0. The molecule has 5 heteroatoms. The van der Waals surface area contributed by atoms with Crippen molar-refractivity contribution in [3.63, 3.8) is 0 Å².